The van der Waals surface area contributed by atoms with Gasteiger partial charge < -0.3 is 20.3 Å². The zero-order valence-corrected chi connectivity index (χ0v) is 11.6. The van der Waals surface area contributed by atoms with E-state index in [0.29, 0.717) is 6.10 Å². The molecule has 106 valence electrons. The van der Waals surface area contributed by atoms with Crippen molar-refractivity contribution in [3.8, 4) is 0 Å². The van der Waals surface area contributed by atoms with Crippen LogP contribution in [0.4, 0.5) is 0 Å². The molecule has 4 nitrogen and oxygen atoms in total. The highest BCUT2D eigenvalue weighted by Gasteiger charge is 2.18. The van der Waals surface area contributed by atoms with Crippen LogP contribution in [0.2, 0.25) is 0 Å². The summed E-state index contributed by atoms with van der Waals surface area (Å²) < 4.78 is 5.70. The fourth-order valence-corrected chi connectivity index (χ4v) is 2.99. The fourth-order valence-electron chi connectivity index (χ4n) is 2.99. The Morgan fingerprint density at radius 1 is 1.00 bits per heavy atom. The molecule has 0 aromatic heterocycles. The maximum absolute atomic E-state index is 5.70. The Morgan fingerprint density at radius 2 is 1.78 bits per heavy atom. The molecule has 0 aromatic carbocycles. The predicted molar refractivity (Wildman–Crippen MR) is 74.8 cm³/mol. The summed E-state index contributed by atoms with van der Waals surface area (Å²) in [6.07, 6.45) is 6.74. The van der Waals surface area contributed by atoms with Crippen molar-refractivity contribution in [1.29, 1.82) is 0 Å². The largest absolute Gasteiger partial charge is 0.378 e. The van der Waals surface area contributed by atoms with Gasteiger partial charge in [0, 0.05) is 26.2 Å². The fraction of sp³-hybridized carbons (Fsp3) is 1.00. The van der Waals surface area contributed by atoms with Crippen LogP contribution >= 0.6 is 0 Å². The molecule has 2 rings (SSSR count). The Bertz CT molecular complexity index is 219. The van der Waals surface area contributed by atoms with Crippen LogP contribution in [0.1, 0.15) is 32.1 Å². The molecule has 2 aliphatic heterocycles. The van der Waals surface area contributed by atoms with Crippen molar-refractivity contribution in [3.05, 3.63) is 0 Å². The quantitative estimate of drug-likeness (QED) is 0.766. The summed E-state index contributed by atoms with van der Waals surface area (Å²) in [6, 6.07) is 0. The molecule has 1 unspecified atom stereocenters. The third-order valence-electron chi connectivity index (χ3n) is 4.15. The summed E-state index contributed by atoms with van der Waals surface area (Å²) in [5, 5.41) is 0. The predicted octanol–water partition coefficient (Wildman–Crippen LogP) is 0.912. The smallest absolute Gasteiger partial charge is 0.0588 e. The van der Waals surface area contributed by atoms with Gasteiger partial charge in [0.25, 0.3) is 0 Å². The summed E-state index contributed by atoms with van der Waals surface area (Å²) in [5.74, 6) is 0. The number of hydrogen-bond acceptors (Lipinski definition) is 4. The van der Waals surface area contributed by atoms with E-state index in [2.05, 4.69) is 9.80 Å². The highest BCUT2D eigenvalue weighted by molar-refractivity contribution is 4.72. The molecule has 2 N–H and O–H groups in total. The van der Waals surface area contributed by atoms with Gasteiger partial charge in [0.15, 0.2) is 0 Å². The Balaban J connectivity index is 1.61. The Hall–Kier alpha value is -0.160. The number of ether oxygens (including phenoxy) is 1. The van der Waals surface area contributed by atoms with Crippen LogP contribution in [0.5, 0.6) is 0 Å². The topological polar surface area (TPSA) is 41.7 Å². The van der Waals surface area contributed by atoms with E-state index in [1.807, 2.05) is 0 Å². The molecule has 0 spiro atoms. The van der Waals surface area contributed by atoms with Crippen molar-refractivity contribution in [2.75, 3.05) is 52.4 Å². The van der Waals surface area contributed by atoms with Crippen molar-refractivity contribution in [3.63, 3.8) is 0 Å². The van der Waals surface area contributed by atoms with Crippen LogP contribution in [0.25, 0.3) is 0 Å². The van der Waals surface area contributed by atoms with Gasteiger partial charge in [0.2, 0.25) is 0 Å². The van der Waals surface area contributed by atoms with Crippen LogP contribution < -0.4 is 5.73 Å². The molecule has 0 radical (unpaired) electrons. The lowest BCUT2D eigenvalue weighted by Crippen LogP contribution is -2.33. The summed E-state index contributed by atoms with van der Waals surface area (Å²) in [7, 11) is 0. The highest BCUT2D eigenvalue weighted by Crippen LogP contribution is 2.16. The molecule has 2 fully saturated rings. The molecule has 2 heterocycles. The molecule has 2 saturated heterocycles. The highest BCUT2D eigenvalue weighted by atomic mass is 16.5. The SMILES string of the molecule is NCCCN1CCCN(CCC2CCCO2)CC1. The van der Waals surface area contributed by atoms with E-state index in [9.17, 15) is 0 Å². The van der Waals surface area contributed by atoms with E-state index in [1.165, 1.54) is 65.0 Å². The lowest BCUT2D eigenvalue weighted by molar-refractivity contribution is 0.0924. The van der Waals surface area contributed by atoms with Gasteiger partial charge in [-0.3, -0.25) is 0 Å². The average Bonchev–Trinajstić information content (AvgIpc) is 2.80. The second-order valence-corrected chi connectivity index (χ2v) is 5.60. The van der Waals surface area contributed by atoms with Crippen molar-refractivity contribution >= 4 is 0 Å². The van der Waals surface area contributed by atoms with E-state index in [-0.39, 0.29) is 0 Å². The normalized spacial score (nSPS) is 27.5. The van der Waals surface area contributed by atoms with Crippen LogP contribution in [0.3, 0.4) is 0 Å². The summed E-state index contributed by atoms with van der Waals surface area (Å²) in [4.78, 5) is 5.18. The first kappa shape index (κ1) is 14.3. The molecule has 0 aliphatic carbocycles. The second-order valence-electron chi connectivity index (χ2n) is 5.60. The lowest BCUT2D eigenvalue weighted by Gasteiger charge is -2.22. The van der Waals surface area contributed by atoms with Gasteiger partial charge in [-0.1, -0.05) is 0 Å². The van der Waals surface area contributed by atoms with Gasteiger partial charge in [0.05, 0.1) is 6.10 Å². The first-order valence-corrected chi connectivity index (χ1v) is 7.65. The van der Waals surface area contributed by atoms with E-state index >= 15 is 0 Å². The first-order valence-electron chi connectivity index (χ1n) is 7.65. The maximum Gasteiger partial charge on any atom is 0.0588 e. The number of nitrogens with two attached hydrogens (primary N) is 1. The number of hydrogen-bond donors (Lipinski definition) is 1. The molecule has 2 aliphatic rings. The average molecular weight is 255 g/mol. The molecule has 4 heteroatoms. The van der Waals surface area contributed by atoms with E-state index in [0.717, 1.165) is 19.6 Å². The molecule has 18 heavy (non-hydrogen) atoms. The van der Waals surface area contributed by atoms with Gasteiger partial charge in [-0.25, -0.2) is 0 Å². The van der Waals surface area contributed by atoms with Crippen molar-refractivity contribution in [2.24, 2.45) is 5.73 Å². The van der Waals surface area contributed by atoms with Crippen molar-refractivity contribution in [2.45, 2.75) is 38.2 Å². The third kappa shape index (κ3) is 4.84. The minimum Gasteiger partial charge on any atom is -0.378 e. The van der Waals surface area contributed by atoms with Crippen LogP contribution in [-0.2, 0) is 4.74 Å². The van der Waals surface area contributed by atoms with Gasteiger partial charge in [-0.15, -0.1) is 0 Å². The van der Waals surface area contributed by atoms with Crippen LogP contribution in [-0.4, -0.2) is 68.3 Å². The minimum absolute atomic E-state index is 0.543. The number of nitrogens with zero attached hydrogens (tertiary/aromatic N) is 2. The van der Waals surface area contributed by atoms with Gasteiger partial charge in [-0.05, 0) is 58.3 Å². The molecule has 1 atom stereocenters. The van der Waals surface area contributed by atoms with Gasteiger partial charge >= 0.3 is 0 Å². The summed E-state index contributed by atoms with van der Waals surface area (Å²) >= 11 is 0. The zero-order chi connectivity index (χ0) is 12.6. The molecule has 0 saturated carbocycles. The monoisotopic (exact) mass is 255 g/mol. The van der Waals surface area contributed by atoms with Crippen LogP contribution in [0, 0.1) is 0 Å². The molecular weight excluding hydrogens is 226 g/mol. The summed E-state index contributed by atoms with van der Waals surface area (Å²) in [5.41, 5.74) is 5.58. The van der Waals surface area contributed by atoms with Crippen molar-refractivity contribution in [1.82, 2.24) is 9.80 Å². The Morgan fingerprint density at radius 3 is 2.44 bits per heavy atom. The lowest BCUT2D eigenvalue weighted by atomic mass is 10.2. The summed E-state index contributed by atoms with van der Waals surface area (Å²) in [6.45, 7) is 9.13. The standard InChI is InChI=1S/C14H29N3O/c15-6-2-7-16-8-3-9-17(12-11-16)10-5-14-4-1-13-18-14/h14H,1-13,15H2. The van der Waals surface area contributed by atoms with Gasteiger partial charge in [-0.2, -0.15) is 0 Å². The molecule has 0 aromatic rings. The minimum atomic E-state index is 0.543. The van der Waals surface area contributed by atoms with Crippen LogP contribution in [0.15, 0.2) is 0 Å². The van der Waals surface area contributed by atoms with Gasteiger partial charge in [0.1, 0.15) is 0 Å². The molecular formula is C14H29N3O. The second kappa shape index (κ2) is 8.10. The molecule has 0 amide bonds. The maximum atomic E-state index is 5.70. The molecule has 0 bridgehead atoms. The first-order chi connectivity index (χ1) is 8.88. The Kier molecular flexibility index (Phi) is 6.41. The van der Waals surface area contributed by atoms with E-state index < -0.39 is 0 Å². The van der Waals surface area contributed by atoms with E-state index in [1.54, 1.807) is 0 Å². The van der Waals surface area contributed by atoms with Crippen molar-refractivity contribution < 1.29 is 4.74 Å². The van der Waals surface area contributed by atoms with E-state index in [4.69, 9.17) is 10.5 Å². The number of rotatable bonds is 6. The zero-order valence-electron chi connectivity index (χ0n) is 11.6. The third-order valence-corrected chi connectivity index (χ3v) is 4.15. The Labute approximate surface area is 111 Å².